The van der Waals surface area contributed by atoms with Crippen molar-refractivity contribution in [2.24, 2.45) is 0 Å². The lowest BCUT2D eigenvalue weighted by Crippen LogP contribution is -2.30. The highest BCUT2D eigenvalue weighted by molar-refractivity contribution is 8.00. The van der Waals surface area contributed by atoms with Crippen LogP contribution in [0, 0.1) is 6.92 Å². The van der Waals surface area contributed by atoms with Gasteiger partial charge in [0.05, 0.1) is 22.5 Å². The molecule has 3 nitrogen and oxygen atoms in total. The second-order valence-electron chi connectivity index (χ2n) is 4.68. The minimum absolute atomic E-state index is 0.0248. The number of aromatic nitrogens is 1. The lowest BCUT2D eigenvalue weighted by atomic mass is 10.3. The lowest BCUT2D eigenvalue weighted by molar-refractivity contribution is -0.120. The zero-order valence-electron chi connectivity index (χ0n) is 12.0. The number of thioether (sulfide) groups is 1. The number of hydrogen-bond acceptors (Lipinski definition) is 3. The Labute approximate surface area is 134 Å². The van der Waals surface area contributed by atoms with Gasteiger partial charge in [0.1, 0.15) is 0 Å². The van der Waals surface area contributed by atoms with Gasteiger partial charge in [0, 0.05) is 10.6 Å². The molecule has 0 saturated carbocycles. The SMILES string of the molecule is Cc1cccc(CNC(=O)C(C)Sc2ccccc2Cl)n1. The molecule has 110 valence electrons. The summed E-state index contributed by atoms with van der Waals surface area (Å²) < 4.78 is 0. The molecule has 2 rings (SSSR count). The second-order valence-corrected chi connectivity index (χ2v) is 6.47. The number of pyridine rings is 1. The summed E-state index contributed by atoms with van der Waals surface area (Å²) in [5.41, 5.74) is 1.80. The normalized spacial score (nSPS) is 12.0. The fraction of sp³-hybridized carbons (Fsp3) is 0.250. The Morgan fingerprint density at radius 3 is 2.76 bits per heavy atom. The number of hydrogen-bond donors (Lipinski definition) is 1. The molecule has 1 amide bonds. The largest absolute Gasteiger partial charge is 0.349 e. The number of amides is 1. The monoisotopic (exact) mass is 320 g/mol. The summed E-state index contributed by atoms with van der Waals surface area (Å²) in [4.78, 5) is 17.4. The topological polar surface area (TPSA) is 42.0 Å². The maximum absolute atomic E-state index is 12.1. The van der Waals surface area contributed by atoms with Gasteiger partial charge in [0.15, 0.2) is 0 Å². The summed E-state index contributed by atoms with van der Waals surface area (Å²) in [5, 5.41) is 3.36. The first-order chi connectivity index (χ1) is 10.1. The first-order valence-electron chi connectivity index (χ1n) is 6.67. The lowest BCUT2D eigenvalue weighted by Gasteiger charge is -2.12. The summed E-state index contributed by atoms with van der Waals surface area (Å²) in [6, 6.07) is 13.3. The van der Waals surface area contributed by atoms with Gasteiger partial charge in [0.25, 0.3) is 0 Å². The smallest absolute Gasteiger partial charge is 0.233 e. The molecule has 2 aromatic rings. The van der Waals surface area contributed by atoms with Crippen LogP contribution in [0.1, 0.15) is 18.3 Å². The maximum Gasteiger partial charge on any atom is 0.233 e. The summed E-state index contributed by atoms with van der Waals surface area (Å²) in [6.07, 6.45) is 0. The van der Waals surface area contributed by atoms with Crippen molar-refractivity contribution in [1.29, 1.82) is 0 Å². The average molecular weight is 321 g/mol. The van der Waals surface area contributed by atoms with Crippen molar-refractivity contribution in [3.05, 3.63) is 58.9 Å². The van der Waals surface area contributed by atoms with Crippen molar-refractivity contribution in [3.8, 4) is 0 Å². The summed E-state index contributed by atoms with van der Waals surface area (Å²) >= 11 is 7.55. The molecular formula is C16H17ClN2OS. The zero-order valence-corrected chi connectivity index (χ0v) is 13.5. The molecule has 0 radical (unpaired) electrons. The highest BCUT2D eigenvalue weighted by atomic mass is 35.5. The van der Waals surface area contributed by atoms with E-state index in [1.807, 2.05) is 56.3 Å². The Hall–Kier alpha value is -1.52. The fourth-order valence-electron chi connectivity index (χ4n) is 1.80. The predicted octanol–water partition coefficient (Wildman–Crippen LogP) is 3.84. The van der Waals surface area contributed by atoms with Gasteiger partial charge in [-0.2, -0.15) is 0 Å². The fourth-order valence-corrected chi connectivity index (χ4v) is 2.98. The molecule has 1 atom stereocenters. The Bertz CT molecular complexity index is 633. The molecule has 1 aromatic carbocycles. The van der Waals surface area contributed by atoms with Crippen LogP contribution in [0.4, 0.5) is 0 Å². The molecule has 5 heteroatoms. The van der Waals surface area contributed by atoms with Crippen LogP contribution in [-0.4, -0.2) is 16.1 Å². The van der Waals surface area contributed by atoms with E-state index in [0.717, 1.165) is 16.3 Å². The highest BCUT2D eigenvalue weighted by Gasteiger charge is 2.15. The number of benzene rings is 1. The Morgan fingerprint density at radius 2 is 2.05 bits per heavy atom. The summed E-state index contributed by atoms with van der Waals surface area (Å²) in [6.45, 7) is 4.24. The van der Waals surface area contributed by atoms with E-state index in [9.17, 15) is 4.79 Å². The molecule has 1 aromatic heterocycles. The standard InChI is InChI=1S/C16H17ClN2OS/c1-11-6-5-7-13(19-11)10-18-16(20)12(2)21-15-9-4-3-8-14(15)17/h3-9,12H,10H2,1-2H3,(H,18,20). The zero-order chi connectivity index (χ0) is 15.2. The first kappa shape index (κ1) is 15.9. The van der Waals surface area contributed by atoms with Crippen LogP contribution in [0.2, 0.25) is 5.02 Å². The van der Waals surface area contributed by atoms with Gasteiger partial charge in [0.2, 0.25) is 5.91 Å². The number of aryl methyl sites for hydroxylation is 1. The molecule has 1 N–H and O–H groups in total. The van der Waals surface area contributed by atoms with E-state index in [1.54, 1.807) is 0 Å². The molecule has 0 fully saturated rings. The molecule has 0 aliphatic carbocycles. The van der Waals surface area contributed by atoms with E-state index in [4.69, 9.17) is 11.6 Å². The predicted molar refractivity (Wildman–Crippen MR) is 87.6 cm³/mol. The van der Waals surface area contributed by atoms with Crippen LogP contribution in [-0.2, 0) is 11.3 Å². The summed E-state index contributed by atoms with van der Waals surface area (Å²) in [5.74, 6) is -0.0248. The first-order valence-corrected chi connectivity index (χ1v) is 7.93. The van der Waals surface area contributed by atoms with Crippen molar-refractivity contribution in [2.45, 2.75) is 30.5 Å². The maximum atomic E-state index is 12.1. The van der Waals surface area contributed by atoms with Crippen molar-refractivity contribution in [3.63, 3.8) is 0 Å². The number of nitrogens with one attached hydrogen (secondary N) is 1. The van der Waals surface area contributed by atoms with Crippen LogP contribution in [0.5, 0.6) is 0 Å². The minimum atomic E-state index is -0.213. The minimum Gasteiger partial charge on any atom is -0.349 e. The quantitative estimate of drug-likeness (QED) is 0.851. The molecular weight excluding hydrogens is 304 g/mol. The van der Waals surface area contributed by atoms with Gasteiger partial charge in [-0.05, 0) is 38.1 Å². The van der Waals surface area contributed by atoms with Crippen LogP contribution < -0.4 is 5.32 Å². The number of carbonyl (C=O) groups is 1. The third-order valence-corrected chi connectivity index (χ3v) is 4.52. The van der Waals surface area contributed by atoms with Gasteiger partial charge in [-0.25, -0.2) is 0 Å². The molecule has 0 aliphatic heterocycles. The Morgan fingerprint density at radius 1 is 1.29 bits per heavy atom. The van der Waals surface area contributed by atoms with E-state index in [2.05, 4.69) is 10.3 Å². The van der Waals surface area contributed by atoms with Crippen molar-refractivity contribution in [1.82, 2.24) is 10.3 Å². The van der Waals surface area contributed by atoms with Crippen LogP contribution in [0.25, 0.3) is 0 Å². The highest BCUT2D eigenvalue weighted by Crippen LogP contribution is 2.29. The third-order valence-electron chi connectivity index (χ3n) is 2.90. The van der Waals surface area contributed by atoms with Crippen LogP contribution in [0.3, 0.4) is 0 Å². The van der Waals surface area contributed by atoms with E-state index >= 15 is 0 Å². The van der Waals surface area contributed by atoms with E-state index in [-0.39, 0.29) is 11.2 Å². The molecule has 0 spiro atoms. The summed E-state index contributed by atoms with van der Waals surface area (Å²) in [7, 11) is 0. The van der Waals surface area contributed by atoms with Gasteiger partial charge >= 0.3 is 0 Å². The van der Waals surface area contributed by atoms with Gasteiger partial charge in [-0.3, -0.25) is 9.78 Å². The van der Waals surface area contributed by atoms with E-state index in [0.29, 0.717) is 11.6 Å². The molecule has 0 aliphatic rings. The van der Waals surface area contributed by atoms with Crippen molar-refractivity contribution in [2.75, 3.05) is 0 Å². The van der Waals surface area contributed by atoms with Crippen LogP contribution >= 0.6 is 23.4 Å². The van der Waals surface area contributed by atoms with Gasteiger partial charge in [-0.1, -0.05) is 29.8 Å². The average Bonchev–Trinajstić information content (AvgIpc) is 2.47. The van der Waals surface area contributed by atoms with E-state index in [1.165, 1.54) is 11.8 Å². The molecule has 1 unspecified atom stereocenters. The number of rotatable bonds is 5. The molecule has 21 heavy (non-hydrogen) atoms. The Balaban J connectivity index is 1.90. The number of halogens is 1. The molecule has 1 heterocycles. The van der Waals surface area contributed by atoms with E-state index < -0.39 is 0 Å². The van der Waals surface area contributed by atoms with Crippen molar-refractivity contribution < 1.29 is 4.79 Å². The number of nitrogens with zero attached hydrogens (tertiary/aromatic N) is 1. The molecule has 0 bridgehead atoms. The molecule has 0 saturated heterocycles. The van der Waals surface area contributed by atoms with Crippen LogP contribution in [0.15, 0.2) is 47.4 Å². The second kappa shape index (κ2) is 7.48. The Kier molecular flexibility index (Phi) is 5.65. The number of carbonyl (C=O) groups excluding carboxylic acids is 1. The van der Waals surface area contributed by atoms with Gasteiger partial charge in [-0.15, -0.1) is 11.8 Å². The van der Waals surface area contributed by atoms with Gasteiger partial charge < -0.3 is 5.32 Å². The third kappa shape index (κ3) is 4.76. The van der Waals surface area contributed by atoms with Crippen molar-refractivity contribution >= 4 is 29.3 Å².